The second kappa shape index (κ2) is 6.60. The number of hydrogen-bond donors (Lipinski definition) is 0. The lowest BCUT2D eigenvalue weighted by Gasteiger charge is -2.15. The number of halogens is 3. The van der Waals surface area contributed by atoms with Gasteiger partial charge in [0.1, 0.15) is 0 Å². The number of rotatable bonds is 4. The number of alkyl halides is 1. The molecule has 0 fully saturated rings. The Morgan fingerprint density at radius 1 is 1.00 bits per heavy atom. The molecule has 0 saturated heterocycles. The van der Waals surface area contributed by atoms with Crippen LogP contribution in [-0.4, -0.2) is 5.33 Å². The fourth-order valence-corrected chi connectivity index (χ4v) is 2.97. The minimum Gasteiger partial charge on any atom is -0.0921 e. The molecule has 0 aromatic heterocycles. The van der Waals surface area contributed by atoms with Gasteiger partial charge in [-0.1, -0.05) is 69.5 Å². The van der Waals surface area contributed by atoms with E-state index in [1.54, 1.807) is 0 Å². The van der Waals surface area contributed by atoms with Crippen LogP contribution in [0.15, 0.2) is 48.5 Å². The van der Waals surface area contributed by atoms with E-state index in [0.717, 1.165) is 21.8 Å². The molecule has 0 amide bonds. The Hall–Kier alpha value is -0.500. The smallest absolute Gasteiger partial charge is 0.0438 e. The maximum atomic E-state index is 6.20. The predicted octanol–water partition coefficient (Wildman–Crippen LogP) is 5.71. The van der Waals surface area contributed by atoms with Crippen molar-refractivity contribution in [2.24, 2.45) is 0 Å². The van der Waals surface area contributed by atoms with Crippen molar-refractivity contribution in [3.63, 3.8) is 0 Å². The second-order valence-electron chi connectivity index (χ2n) is 4.20. The summed E-state index contributed by atoms with van der Waals surface area (Å²) in [6.45, 7) is 0. The maximum Gasteiger partial charge on any atom is 0.0438 e. The first-order chi connectivity index (χ1) is 8.70. The van der Waals surface area contributed by atoms with Crippen LogP contribution in [0.5, 0.6) is 0 Å². The van der Waals surface area contributed by atoms with Gasteiger partial charge in [-0.05, 0) is 41.7 Å². The standard InChI is InChI=1S/C15H13BrCl2/c16-10-13(11-5-3-6-14(17)9-11)8-12-4-1-2-7-15(12)18/h1-7,9,13H,8,10H2. The Balaban J connectivity index is 2.23. The SMILES string of the molecule is Clc1cccc(C(CBr)Cc2ccccc2Cl)c1. The van der Waals surface area contributed by atoms with Gasteiger partial charge in [-0.3, -0.25) is 0 Å². The molecule has 2 aromatic rings. The molecular formula is C15H13BrCl2. The lowest BCUT2D eigenvalue weighted by Crippen LogP contribution is -2.04. The highest BCUT2D eigenvalue weighted by atomic mass is 79.9. The van der Waals surface area contributed by atoms with Crippen molar-refractivity contribution in [2.45, 2.75) is 12.3 Å². The van der Waals surface area contributed by atoms with Gasteiger partial charge in [-0.2, -0.15) is 0 Å². The van der Waals surface area contributed by atoms with Crippen LogP contribution >= 0.6 is 39.1 Å². The molecule has 94 valence electrons. The summed E-state index contributed by atoms with van der Waals surface area (Å²) in [6.07, 6.45) is 0.908. The van der Waals surface area contributed by atoms with E-state index in [-0.39, 0.29) is 0 Å². The van der Waals surface area contributed by atoms with Crippen LogP contribution in [-0.2, 0) is 6.42 Å². The average molecular weight is 344 g/mol. The third-order valence-electron chi connectivity index (χ3n) is 2.93. The minimum atomic E-state index is 0.378. The van der Waals surface area contributed by atoms with E-state index in [0.29, 0.717) is 5.92 Å². The summed E-state index contributed by atoms with van der Waals surface area (Å²) in [7, 11) is 0. The normalized spacial score (nSPS) is 12.4. The topological polar surface area (TPSA) is 0 Å². The molecule has 0 heterocycles. The highest BCUT2D eigenvalue weighted by Gasteiger charge is 2.13. The summed E-state index contributed by atoms with van der Waals surface area (Å²) >= 11 is 15.8. The maximum absolute atomic E-state index is 6.20. The predicted molar refractivity (Wildman–Crippen MR) is 83.1 cm³/mol. The van der Waals surface area contributed by atoms with Gasteiger partial charge in [0.25, 0.3) is 0 Å². The fraction of sp³-hybridized carbons (Fsp3) is 0.200. The van der Waals surface area contributed by atoms with E-state index in [1.165, 1.54) is 11.1 Å². The second-order valence-corrected chi connectivity index (χ2v) is 5.69. The number of hydrogen-bond acceptors (Lipinski definition) is 0. The van der Waals surface area contributed by atoms with Crippen LogP contribution in [0.4, 0.5) is 0 Å². The molecule has 0 radical (unpaired) electrons. The van der Waals surface area contributed by atoms with Crippen LogP contribution in [0.2, 0.25) is 10.0 Å². The van der Waals surface area contributed by atoms with Gasteiger partial charge < -0.3 is 0 Å². The molecular weight excluding hydrogens is 331 g/mol. The molecule has 3 heteroatoms. The van der Waals surface area contributed by atoms with Crippen LogP contribution in [0.1, 0.15) is 17.0 Å². The van der Waals surface area contributed by atoms with Gasteiger partial charge in [0.2, 0.25) is 0 Å². The fourth-order valence-electron chi connectivity index (χ4n) is 1.95. The van der Waals surface area contributed by atoms with Crippen LogP contribution < -0.4 is 0 Å². The summed E-state index contributed by atoms with van der Waals surface area (Å²) in [5.41, 5.74) is 2.41. The Labute approximate surface area is 126 Å². The quantitative estimate of drug-likeness (QED) is 0.623. The molecule has 2 aromatic carbocycles. The van der Waals surface area contributed by atoms with Gasteiger partial charge in [0, 0.05) is 15.4 Å². The van der Waals surface area contributed by atoms with Crippen molar-refractivity contribution in [3.05, 3.63) is 69.7 Å². The van der Waals surface area contributed by atoms with Crippen molar-refractivity contribution in [3.8, 4) is 0 Å². The summed E-state index contributed by atoms with van der Waals surface area (Å²) in [5, 5.41) is 2.49. The van der Waals surface area contributed by atoms with E-state index in [4.69, 9.17) is 23.2 Å². The first kappa shape index (κ1) is 13.9. The molecule has 0 N–H and O–H groups in total. The van der Waals surface area contributed by atoms with Gasteiger partial charge in [0.05, 0.1) is 0 Å². The van der Waals surface area contributed by atoms with E-state index in [2.05, 4.69) is 28.1 Å². The lowest BCUT2D eigenvalue weighted by atomic mass is 9.94. The zero-order valence-corrected chi connectivity index (χ0v) is 12.8. The Morgan fingerprint density at radius 2 is 1.78 bits per heavy atom. The summed E-state index contributed by atoms with van der Waals surface area (Å²) < 4.78 is 0. The van der Waals surface area contributed by atoms with Crippen molar-refractivity contribution < 1.29 is 0 Å². The van der Waals surface area contributed by atoms with E-state index < -0.39 is 0 Å². The average Bonchev–Trinajstić information content (AvgIpc) is 2.38. The highest BCUT2D eigenvalue weighted by Crippen LogP contribution is 2.28. The third-order valence-corrected chi connectivity index (χ3v) is 4.32. The Bertz CT molecular complexity index is 525. The van der Waals surface area contributed by atoms with Crippen molar-refractivity contribution >= 4 is 39.1 Å². The first-order valence-corrected chi connectivity index (χ1v) is 7.63. The highest BCUT2D eigenvalue weighted by molar-refractivity contribution is 9.09. The molecule has 18 heavy (non-hydrogen) atoms. The summed E-state index contributed by atoms with van der Waals surface area (Å²) in [4.78, 5) is 0. The van der Waals surface area contributed by atoms with E-state index >= 15 is 0 Å². The molecule has 1 atom stereocenters. The zero-order valence-electron chi connectivity index (χ0n) is 9.74. The van der Waals surface area contributed by atoms with Crippen molar-refractivity contribution in [1.29, 1.82) is 0 Å². The molecule has 0 saturated carbocycles. The van der Waals surface area contributed by atoms with Crippen molar-refractivity contribution in [2.75, 3.05) is 5.33 Å². The molecule has 0 spiro atoms. The molecule has 0 nitrogen and oxygen atoms in total. The summed E-state index contributed by atoms with van der Waals surface area (Å²) in [6, 6.07) is 16.0. The first-order valence-electron chi connectivity index (χ1n) is 5.75. The zero-order chi connectivity index (χ0) is 13.0. The third kappa shape index (κ3) is 3.50. The van der Waals surface area contributed by atoms with E-state index in [1.807, 2.05) is 36.4 Å². The molecule has 0 bridgehead atoms. The summed E-state index contributed by atoms with van der Waals surface area (Å²) in [5.74, 6) is 0.378. The largest absolute Gasteiger partial charge is 0.0921 e. The minimum absolute atomic E-state index is 0.378. The number of benzene rings is 2. The lowest BCUT2D eigenvalue weighted by molar-refractivity contribution is 0.776. The monoisotopic (exact) mass is 342 g/mol. The molecule has 2 rings (SSSR count). The van der Waals surface area contributed by atoms with Gasteiger partial charge in [-0.15, -0.1) is 0 Å². The Morgan fingerprint density at radius 3 is 2.44 bits per heavy atom. The molecule has 1 unspecified atom stereocenters. The van der Waals surface area contributed by atoms with Gasteiger partial charge >= 0.3 is 0 Å². The van der Waals surface area contributed by atoms with Gasteiger partial charge in [-0.25, -0.2) is 0 Å². The van der Waals surface area contributed by atoms with Gasteiger partial charge in [0.15, 0.2) is 0 Å². The van der Waals surface area contributed by atoms with Crippen LogP contribution in [0.3, 0.4) is 0 Å². The Kier molecular flexibility index (Phi) is 5.11. The van der Waals surface area contributed by atoms with Crippen molar-refractivity contribution in [1.82, 2.24) is 0 Å². The van der Waals surface area contributed by atoms with Crippen LogP contribution in [0, 0.1) is 0 Å². The molecule has 0 aliphatic heterocycles. The van der Waals surface area contributed by atoms with Crippen LogP contribution in [0.25, 0.3) is 0 Å². The van der Waals surface area contributed by atoms with E-state index in [9.17, 15) is 0 Å². The molecule has 0 aliphatic carbocycles. The molecule has 0 aliphatic rings.